The van der Waals surface area contributed by atoms with Crippen LogP contribution in [-0.2, 0) is 6.18 Å². The van der Waals surface area contributed by atoms with Crippen LogP contribution < -0.4 is 4.90 Å². The molecule has 2 aromatic heterocycles. The number of piperidine rings is 1. The number of carbonyl (C=O) groups is 1. The highest BCUT2D eigenvalue weighted by Crippen LogP contribution is 2.32. The molecule has 0 aliphatic carbocycles. The number of carboxylic acid groups (broad SMARTS) is 1. The fourth-order valence-corrected chi connectivity index (χ4v) is 2.85. The van der Waals surface area contributed by atoms with Gasteiger partial charge >= 0.3 is 12.1 Å². The van der Waals surface area contributed by atoms with Gasteiger partial charge in [0.1, 0.15) is 5.82 Å². The summed E-state index contributed by atoms with van der Waals surface area (Å²) in [5.74, 6) is -0.749. The van der Waals surface area contributed by atoms with Gasteiger partial charge in [-0.3, -0.25) is 5.10 Å². The Bertz CT molecular complexity index is 744. The summed E-state index contributed by atoms with van der Waals surface area (Å²) in [4.78, 5) is 17.0. The maximum atomic E-state index is 12.7. The molecule has 1 aliphatic rings. The van der Waals surface area contributed by atoms with E-state index >= 15 is 0 Å². The summed E-state index contributed by atoms with van der Waals surface area (Å²) >= 11 is 0. The Hall–Kier alpha value is -2.58. The van der Waals surface area contributed by atoms with E-state index in [9.17, 15) is 18.0 Å². The van der Waals surface area contributed by atoms with Gasteiger partial charge in [-0.2, -0.15) is 18.3 Å². The Morgan fingerprint density at radius 3 is 2.83 bits per heavy atom. The second-order valence-electron chi connectivity index (χ2n) is 5.68. The summed E-state index contributed by atoms with van der Waals surface area (Å²) in [6.07, 6.45) is -2.97. The molecule has 24 heavy (non-hydrogen) atoms. The normalized spacial score (nSPS) is 18.6. The Morgan fingerprint density at radius 1 is 1.38 bits per heavy atom. The second kappa shape index (κ2) is 6.14. The third-order valence-corrected chi connectivity index (χ3v) is 4.03. The molecule has 3 heterocycles. The zero-order valence-electron chi connectivity index (χ0n) is 12.5. The van der Waals surface area contributed by atoms with Crippen LogP contribution in [0.4, 0.5) is 19.0 Å². The zero-order chi connectivity index (χ0) is 17.3. The molecule has 128 valence electrons. The van der Waals surface area contributed by atoms with E-state index in [0.29, 0.717) is 24.6 Å². The van der Waals surface area contributed by atoms with E-state index in [1.165, 1.54) is 6.07 Å². The third kappa shape index (κ3) is 3.34. The minimum Gasteiger partial charge on any atom is -0.477 e. The minimum absolute atomic E-state index is 0.0597. The molecule has 9 heteroatoms. The van der Waals surface area contributed by atoms with Crippen molar-refractivity contribution in [1.29, 1.82) is 0 Å². The highest BCUT2D eigenvalue weighted by molar-refractivity contribution is 5.85. The lowest BCUT2D eigenvalue weighted by Gasteiger charge is -2.33. The molecule has 2 N–H and O–H groups in total. The molecule has 0 spiro atoms. The van der Waals surface area contributed by atoms with Gasteiger partial charge in [-0.25, -0.2) is 9.78 Å². The number of anilines is 1. The molecule has 6 nitrogen and oxygen atoms in total. The van der Waals surface area contributed by atoms with Crippen LogP contribution >= 0.6 is 0 Å². The van der Waals surface area contributed by atoms with Crippen molar-refractivity contribution in [3.63, 3.8) is 0 Å². The first-order valence-electron chi connectivity index (χ1n) is 7.42. The van der Waals surface area contributed by atoms with E-state index in [4.69, 9.17) is 5.11 Å². The molecule has 0 radical (unpaired) electrons. The standard InChI is InChI=1S/C15H15F3N4O2/c16-15(17,18)12-7-11(20-21-12)9-3-2-6-22(8-9)13-5-1-4-10(19-13)14(23)24/h1,4-5,7,9H,2-3,6,8H2,(H,20,21)(H,23,24). The van der Waals surface area contributed by atoms with Gasteiger partial charge in [-0.05, 0) is 31.0 Å². The Morgan fingerprint density at radius 2 is 2.17 bits per heavy atom. The van der Waals surface area contributed by atoms with E-state index in [2.05, 4.69) is 15.2 Å². The molecule has 0 bridgehead atoms. The van der Waals surface area contributed by atoms with Crippen molar-refractivity contribution in [3.05, 3.63) is 41.3 Å². The summed E-state index contributed by atoms with van der Waals surface area (Å²) in [5.41, 5.74) is -0.558. The zero-order valence-corrected chi connectivity index (χ0v) is 12.5. The van der Waals surface area contributed by atoms with Crippen LogP contribution in [-0.4, -0.2) is 39.3 Å². The topological polar surface area (TPSA) is 82.1 Å². The van der Waals surface area contributed by atoms with E-state index < -0.39 is 17.8 Å². The van der Waals surface area contributed by atoms with Gasteiger partial charge in [0.25, 0.3) is 0 Å². The number of aromatic amines is 1. The number of aromatic nitrogens is 3. The number of H-pyrrole nitrogens is 1. The quantitative estimate of drug-likeness (QED) is 0.898. The number of hydrogen-bond donors (Lipinski definition) is 2. The number of carboxylic acids is 1. The first kappa shape index (κ1) is 16.3. The maximum Gasteiger partial charge on any atom is 0.435 e. The average Bonchev–Trinajstić information content (AvgIpc) is 3.05. The number of nitrogens with zero attached hydrogens (tertiary/aromatic N) is 3. The van der Waals surface area contributed by atoms with Crippen molar-refractivity contribution in [1.82, 2.24) is 15.2 Å². The molecule has 0 aromatic carbocycles. The van der Waals surface area contributed by atoms with Gasteiger partial charge in [0.2, 0.25) is 0 Å². The second-order valence-corrected chi connectivity index (χ2v) is 5.68. The van der Waals surface area contributed by atoms with Gasteiger partial charge in [0, 0.05) is 24.7 Å². The van der Waals surface area contributed by atoms with Crippen LogP contribution in [0.15, 0.2) is 24.3 Å². The first-order valence-corrected chi connectivity index (χ1v) is 7.42. The van der Waals surface area contributed by atoms with E-state index in [1.54, 1.807) is 12.1 Å². The molecular weight excluding hydrogens is 325 g/mol. The molecule has 2 aromatic rings. The Balaban J connectivity index is 1.78. The predicted molar refractivity (Wildman–Crippen MR) is 79.0 cm³/mol. The summed E-state index contributed by atoms with van der Waals surface area (Å²) in [6, 6.07) is 5.74. The summed E-state index contributed by atoms with van der Waals surface area (Å²) in [7, 11) is 0. The fraction of sp³-hybridized carbons (Fsp3) is 0.400. The van der Waals surface area contributed by atoms with Crippen LogP contribution in [0.25, 0.3) is 0 Å². The van der Waals surface area contributed by atoms with Crippen molar-refractivity contribution in [2.45, 2.75) is 24.9 Å². The van der Waals surface area contributed by atoms with Crippen molar-refractivity contribution < 1.29 is 23.1 Å². The van der Waals surface area contributed by atoms with Gasteiger partial charge in [-0.1, -0.05) is 6.07 Å². The van der Waals surface area contributed by atoms with Crippen molar-refractivity contribution >= 4 is 11.8 Å². The van der Waals surface area contributed by atoms with Crippen molar-refractivity contribution in [2.75, 3.05) is 18.0 Å². The molecule has 1 atom stereocenters. The lowest BCUT2D eigenvalue weighted by atomic mass is 9.94. The van der Waals surface area contributed by atoms with Crippen molar-refractivity contribution in [3.8, 4) is 0 Å². The van der Waals surface area contributed by atoms with Gasteiger partial charge in [0.15, 0.2) is 11.4 Å². The van der Waals surface area contributed by atoms with Gasteiger partial charge < -0.3 is 10.0 Å². The first-order chi connectivity index (χ1) is 11.3. The monoisotopic (exact) mass is 340 g/mol. The van der Waals surface area contributed by atoms with E-state index in [-0.39, 0.29) is 11.6 Å². The van der Waals surface area contributed by atoms with Crippen LogP contribution in [0, 0.1) is 0 Å². The van der Waals surface area contributed by atoms with Gasteiger partial charge in [0.05, 0.1) is 0 Å². The van der Waals surface area contributed by atoms with Crippen LogP contribution in [0.1, 0.15) is 40.6 Å². The molecule has 1 fully saturated rings. The molecule has 3 rings (SSSR count). The van der Waals surface area contributed by atoms with E-state index in [1.807, 2.05) is 4.90 Å². The number of nitrogens with one attached hydrogen (secondary N) is 1. The van der Waals surface area contributed by atoms with Crippen molar-refractivity contribution in [2.24, 2.45) is 0 Å². The highest BCUT2D eigenvalue weighted by atomic mass is 19.4. The average molecular weight is 340 g/mol. The highest BCUT2D eigenvalue weighted by Gasteiger charge is 2.35. The third-order valence-electron chi connectivity index (χ3n) is 4.03. The number of alkyl halides is 3. The summed E-state index contributed by atoms with van der Waals surface area (Å²) in [5, 5.41) is 14.8. The lowest BCUT2D eigenvalue weighted by molar-refractivity contribution is -0.141. The molecule has 1 saturated heterocycles. The van der Waals surface area contributed by atoms with Gasteiger partial charge in [-0.15, -0.1) is 0 Å². The Kier molecular flexibility index (Phi) is 4.16. The smallest absolute Gasteiger partial charge is 0.435 e. The largest absolute Gasteiger partial charge is 0.477 e. The molecule has 0 amide bonds. The predicted octanol–water partition coefficient (Wildman–Crippen LogP) is 2.91. The number of hydrogen-bond acceptors (Lipinski definition) is 4. The summed E-state index contributed by atoms with van der Waals surface area (Å²) in [6.45, 7) is 1.13. The summed E-state index contributed by atoms with van der Waals surface area (Å²) < 4.78 is 38.0. The molecule has 1 aliphatic heterocycles. The number of aromatic carboxylic acids is 1. The lowest BCUT2D eigenvalue weighted by Crippen LogP contribution is -2.35. The molecule has 0 saturated carbocycles. The number of pyridine rings is 1. The number of halogens is 3. The molecule has 1 unspecified atom stereocenters. The van der Waals surface area contributed by atoms with E-state index in [0.717, 1.165) is 18.9 Å². The fourth-order valence-electron chi connectivity index (χ4n) is 2.85. The minimum atomic E-state index is -4.47. The number of rotatable bonds is 3. The molecular formula is C15H15F3N4O2. The Labute approximate surface area is 135 Å². The van der Waals surface area contributed by atoms with Crippen LogP contribution in [0.3, 0.4) is 0 Å². The van der Waals surface area contributed by atoms with Crippen LogP contribution in [0.5, 0.6) is 0 Å². The SMILES string of the molecule is O=C(O)c1cccc(N2CCCC(c3cc(C(F)(F)F)n[nH]3)C2)n1. The maximum absolute atomic E-state index is 12.7. The van der Waals surface area contributed by atoms with Crippen LogP contribution in [0.2, 0.25) is 0 Å².